The van der Waals surface area contributed by atoms with Gasteiger partial charge in [-0.25, -0.2) is 8.42 Å². The van der Waals surface area contributed by atoms with Gasteiger partial charge in [0.15, 0.2) is 9.84 Å². The van der Waals surface area contributed by atoms with E-state index in [1.807, 2.05) is 12.1 Å². The third-order valence-corrected chi connectivity index (χ3v) is 3.84. The second-order valence-corrected chi connectivity index (χ2v) is 6.88. The zero-order valence-corrected chi connectivity index (χ0v) is 12.1. The first-order valence-electron chi connectivity index (χ1n) is 5.21. The van der Waals surface area contributed by atoms with Crippen LogP contribution in [0.1, 0.15) is 5.56 Å². The molecule has 0 radical (unpaired) electrons. The van der Waals surface area contributed by atoms with Crippen LogP contribution >= 0.6 is 15.9 Å². The second-order valence-electron chi connectivity index (χ2n) is 3.77. The number of rotatable bonds is 6. The third kappa shape index (κ3) is 5.52. The van der Waals surface area contributed by atoms with Gasteiger partial charge in [-0.1, -0.05) is 15.9 Å². The molecule has 0 amide bonds. The molecule has 4 nitrogen and oxygen atoms in total. The summed E-state index contributed by atoms with van der Waals surface area (Å²) in [4.78, 5) is 0. The minimum absolute atomic E-state index is 0.0231. The molecule has 0 saturated carbocycles. The van der Waals surface area contributed by atoms with Crippen molar-refractivity contribution in [1.82, 2.24) is 0 Å². The third-order valence-electron chi connectivity index (χ3n) is 2.15. The minimum atomic E-state index is -2.98. The quantitative estimate of drug-likeness (QED) is 0.859. The molecule has 17 heavy (non-hydrogen) atoms. The first-order valence-corrected chi connectivity index (χ1v) is 8.07. The summed E-state index contributed by atoms with van der Waals surface area (Å²) < 4.78 is 28.2. The Morgan fingerprint density at radius 2 is 2.12 bits per heavy atom. The summed E-state index contributed by atoms with van der Waals surface area (Å²) in [6, 6.07) is 5.55. The van der Waals surface area contributed by atoms with Gasteiger partial charge in [0.1, 0.15) is 12.4 Å². The molecule has 0 aliphatic heterocycles. The average molecular weight is 322 g/mol. The molecule has 6 heteroatoms. The standard InChI is InChI=1S/C11H16BrNO3S/c1-17(14,15)7-6-16-10-2-3-11(12)9(8-10)4-5-13/h2-3,8H,4-7,13H2,1H3. The summed E-state index contributed by atoms with van der Waals surface area (Å²) in [5.41, 5.74) is 6.56. The number of nitrogens with two attached hydrogens (primary N) is 1. The molecule has 0 spiro atoms. The van der Waals surface area contributed by atoms with Crippen LogP contribution in [0.2, 0.25) is 0 Å². The number of sulfone groups is 1. The summed E-state index contributed by atoms with van der Waals surface area (Å²) in [7, 11) is -2.98. The molecule has 0 fully saturated rings. The largest absolute Gasteiger partial charge is 0.493 e. The van der Waals surface area contributed by atoms with Crippen LogP contribution in [0.4, 0.5) is 0 Å². The van der Waals surface area contributed by atoms with Gasteiger partial charge in [-0.3, -0.25) is 0 Å². The average Bonchev–Trinajstić information content (AvgIpc) is 2.21. The molecular formula is C11H16BrNO3S. The molecule has 0 unspecified atom stereocenters. The summed E-state index contributed by atoms with van der Waals surface area (Å²) in [5, 5.41) is 0. The fourth-order valence-corrected chi connectivity index (χ4v) is 2.13. The van der Waals surface area contributed by atoms with E-state index in [4.69, 9.17) is 10.5 Å². The SMILES string of the molecule is CS(=O)(=O)CCOc1ccc(Br)c(CCN)c1. The van der Waals surface area contributed by atoms with Crippen molar-refractivity contribution >= 4 is 25.8 Å². The van der Waals surface area contributed by atoms with Gasteiger partial charge < -0.3 is 10.5 Å². The van der Waals surface area contributed by atoms with Crippen LogP contribution in [0.25, 0.3) is 0 Å². The molecular weight excluding hydrogens is 306 g/mol. The lowest BCUT2D eigenvalue weighted by Gasteiger charge is -2.08. The van der Waals surface area contributed by atoms with Crippen molar-refractivity contribution in [3.63, 3.8) is 0 Å². The van der Waals surface area contributed by atoms with E-state index in [1.54, 1.807) is 6.07 Å². The van der Waals surface area contributed by atoms with Gasteiger partial charge in [0.2, 0.25) is 0 Å². The van der Waals surface area contributed by atoms with E-state index < -0.39 is 9.84 Å². The molecule has 1 aromatic rings. The molecule has 1 rings (SSSR count). The molecule has 2 N–H and O–H groups in total. The Labute approximate surface area is 110 Å². The maximum Gasteiger partial charge on any atom is 0.150 e. The Morgan fingerprint density at radius 1 is 1.41 bits per heavy atom. The molecule has 1 aromatic carbocycles. The lowest BCUT2D eigenvalue weighted by molar-refractivity contribution is 0.340. The molecule has 0 aliphatic carbocycles. The van der Waals surface area contributed by atoms with Crippen LogP contribution in [-0.2, 0) is 16.3 Å². The van der Waals surface area contributed by atoms with Crippen LogP contribution in [0.5, 0.6) is 5.75 Å². The summed E-state index contributed by atoms with van der Waals surface area (Å²) in [6.07, 6.45) is 1.95. The van der Waals surface area contributed by atoms with Crippen molar-refractivity contribution in [3.8, 4) is 5.75 Å². The Morgan fingerprint density at radius 3 is 2.71 bits per heavy atom. The lowest BCUT2D eigenvalue weighted by atomic mass is 10.1. The molecule has 0 atom stereocenters. The van der Waals surface area contributed by atoms with Crippen molar-refractivity contribution in [1.29, 1.82) is 0 Å². The molecule has 0 heterocycles. The molecule has 0 aliphatic rings. The monoisotopic (exact) mass is 321 g/mol. The maximum absolute atomic E-state index is 10.9. The highest BCUT2D eigenvalue weighted by molar-refractivity contribution is 9.10. The zero-order chi connectivity index (χ0) is 12.9. The van der Waals surface area contributed by atoms with E-state index in [0.29, 0.717) is 12.3 Å². The minimum Gasteiger partial charge on any atom is -0.493 e. The predicted octanol–water partition coefficient (Wildman–Crippen LogP) is 1.37. The fourth-order valence-electron chi connectivity index (χ4n) is 1.30. The van der Waals surface area contributed by atoms with E-state index in [-0.39, 0.29) is 12.4 Å². The van der Waals surface area contributed by atoms with Crippen LogP contribution in [0.15, 0.2) is 22.7 Å². The van der Waals surface area contributed by atoms with E-state index >= 15 is 0 Å². The first kappa shape index (κ1) is 14.5. The Kier molecular flexibility index (Phi) is 5.42. The van der Waals surface area contributed by atoms with E-state index in [0.717, 1.165) is 16.5 Å². The van der Waals surface area contributed by atoms with Gasteiger partial charge >= 0.3 is 0 Å². The lowest BCUT2D eigenvalue weighted by Crippen LogP contribution is -2.12. The fraction of sp³-hybridized carbons (Fsp3) is 0.455. The summed E-state index contributed by atoms with van der Waals surface area (Å²) in [6.45, 7) is 0.730. The van der Waals surface area contributed by atoms with Crippen molar-refractivity contribution in [2.75, 3.05) is 25.2 Å². The van der Waals surface area contributed by atoms with Crippen molar-refractivity contribution in [2.45, 2.75) is 6.42 Å². The van der Waals surface area contributed by atoms with Crippen LogP contribution in [0.3, 0.4) is 0 Å². The van der Waals surface area contributed by atoms with Crippen LogP contribution < -0.4 is 10.5 Å². The number of benzene rings is 1. The molecule has 0 aromatic heterocycles. The number of ether oxygens (including phenoxy) is 1. The van der Waals surface area contributed by atoms with Crippen molar-refractivity contribution < 1.29 is 13.2 Å². The number of hydrogen-bond donors (Lipinski definition) is 1. The number of hydrogen-bond acceptors (Lipinski definition) is 4. The number of halogens is 1. The maximum atomic E-state index is 10.9. The van der Waals surface area contributed by atoms with Gasteiger partial charge in [-0.05, 0) is 36.7 Å². The summed E-state index contributed by atoms with van der Waals surface area (Å²) in [5.74, 6) is 0.690. The predicted molar refractivity (Wildman–Crippen MR) is 72.1 cm³/mol. The van der Waals surface area contributed by atoms with Gasteiger partial charge in [-0.15, -0.1) is 0 Å². The highest BCUT2D eigenvalue weighted by Crippen LogP contribution is 2.22. The van der Waals surface area contributed by atoms with Crippen molar-refractivity contribution in [3.05, 3.63) is 28.2 Å². The van der Waals surface area contributed by atoms with Crippen LogP contribution in [0, 0.1) is 0 Å². The topological polar surface area (TPSA) is 69.4 Å². The highest BCUT2D eigenvalue weighted by atomic mass is 79.9. The van der Waals surface area contributed by atoms with Gasteiger partial charge in [-0.2, -0.15) is 0 Å². The van der Waals surface area contributed by atoms with Gasteiger partial charge in [0.25, 0.3) is 0 Å². The Hall–Kier alpha value is -0.590. The second kappa shape index (κ2) is 6.37. The van der Waals surface area contributed by atoms with E-state index in [9.17, 15) is 8.42 Å². The molecule has 96 valence electrons. The Balaban J connectivity index is 2.63. The molecule has 0 bridgehead atoms. The smallest absolute Gasteiger partial charge is 0.150 e. The first-order chi connectivity index (χ1) is 7.92. The molecule has 0 saturated heterocycles. The van der Waals surface area contributed by atoms with Gasteiger partial charge in [0.05, 0.1) is 5.75 Å². The van der Waals surface area contributed by atoms with E-state index in [1.165, 1.54) is 6.26 Å². The van der Waals surface area contributed by atoms with Crippen LogP contribution in [-0.4, -0.2) is 33.6 Å². The Bertz CT molecular complexity index is 474. The summed E-state index contributed by atoms with van der Waals surface area (Å²) >= 11 is 3.42. The van der Waals surface area contributed by atoms with Gasteiger partial charge in [0, 0.05) is 10.7 Å². The van der Waals surface area contributed by atoms with E-state index in [2.05, 4.69) is 15.9 Å². The zero-order valence-electron chi connectivity index (χ0n) is 9.65. The normalized spacial score (nSPS) is 11.5. The van der Waals surface area contributed by atoms with Crippen molar-refractivity contribution in [2.24, 2.45) is 5.73 Å². The highest BCUT2D eigenvalue weighted by Gasteiger charge is 2.05.